The zero-order valence-electron chi connectivity index (χ0n) is 13.3. The second-order valence-corrected chi connectivity index (χ2v) is 5.25. The molecule has 0 aromatic heterocycles. The molecule has 0 atom stereocenters. The van der Waals surface area contributed by atoms with E-state index in [2.05, 4.69) is 9.47 Å². The molecule has 160 valence electrons. The predicted molar refractivity (Wildman–Crippen MR) is 62.6 cm³/mol. The van der Waals surface area contributed by atoms with Crippen molar-refractivity contribution in [1.82, 2.24) is 0 Å². The molecule has 4 nitrogen and oxygen atoms in total. The minimum absolute atomic E-state index is 0.741. The van der Waals surface area contributed by atoms with Crippen LogP contribution in [0.1, 0.15) is 13.8 Å². The van der Waals surface area contributed by atoms with E-state index in [1.807, 2.05) is 0 Å². The highest BCUT2D eigenvalue weighted by Gasteiger charge is 2.88. The van der Waals surface area contributed by atoms with Gasteiger partial charge in [-0.3, -0.25) is 4.79 Å². The third kappa shape index (κ3) is 4.54. The Morgan fingerprint density at radius 1 is 0.704 bits per heavy atom. The van der Waals surface area contributed by atoms with E-state index in [9.17, 15) is 57.9 Å². The van der Waals surface area contributed by atoms with E-state index in [0.717, 1.165) is 0 Å². The molecule has 27 heavy (non-hydrogen) atoms. The lowest BCUT2D eigenvalue weighted by atomic mass is 9.98. The quantitative estimate of drug-likeness (QED) is 0.335. The summed E-state index contributed by atoms with van der Waals surface area (Å²) in [7, 11) is 0. The third-order valence-corrected chi connectivity index (χ3v) is 2.83. The fourth-order valence-electron chi connectivity index (χ4n) is 1.23. The van der Waals surface area contributed by atoms with Crippen molar-refractivity contribution < 1.29 is 67.4 Å². The van der Waals surface area contributed by atoms with E-state index in [1.165, 1.54) is 13.8 Å². The molecule has 0 aliphatic carbocycles. The van der Waals surface area contributed by atoms with Crippen LogP contribution in [0.5, 0.6) is 0 Å². The van der Waals surface area contributed by atoms with E-state index in [4.69, 9.17) is 0 Å². The Kier molecular flexibility index (Phi) is 7.14. The first-order valence-corrected chi connectivity index (χ1v) is 6.67. The van der Waals surface area contributed by atoms with Crippen LogP contribution in [0.15, 0.2) is 0 Å². The lowest BCUT2D eigenvalue weighted by molar-refractivity contribution is -0.418. The van der Waals surface area contributed by atoms with Crippen LogP contribution in [0, 0.1) is 5.92 Å². The molecule has 0 aliphatic heterocycles. The van der Waals surface area contributed by atoms with Crippen molar-refractivity contribution in [1.29, 1.82) is 0 Å². The minimum Gasteiger partial charge on any atom is -0.462 e. The number of ether oxygens (including phenoxy) is 2. The normalized spacial score (nSPS) is 14.3. The molecule has 0 heterocycles. The summed E-state index contributed by atoms with van der Waals surface area (Å²) in [6, 6.07) is 0. The standard InChI is InChI=1S/C12H11F11O4/c1-5(2)6(24)26-3-4-27-7(25)8(13,14)9(15,16)10(17,18)11(19,20)12(21,22)23/h5H,3-4H2,1-2H3. The van der Waals surface area contributed by atoms with Gasteiger partial charge in [-0.25, -0.2) is 4.79 Å². The molecule has 0 amide bonds. The number of carbonyl (C=O) groups is 2. The van der Waals surface area contributed by atoms with Crippen molar-refractivity contribution in [2.24, 2.45) is 5.92 Å². The Balaban J connectivity index is 5.36. The number of carbonyl (C=O) groups excluding carboxylic acids is 2. The van der Waals surface area contributed by atoms with Crippen LogP contribution in [0.25, 0.3) is 0 Å². The molecule has 15 heteroatoms. The topological polar surface area (TPSA) is 52.6 Å². The van der Waals surface area contributed by atoms with E-state index < -0.39 is 60.9 Å². The summed E-state index contributed by atoms with van der Waals surface area (Å²) < 4.78 is 147. The number of rotatable bonds is 8. The molecule has 0 spiro atoms. The lowest BCUT2D eigenvalue weighted by Crippen LogP contribution is -2.68. The fourth-order valence-corrected chi connectivity index (χ4v) is 1.23. The Morgan fingerprint density at radius 2 is 1.11 bits per heavy atom. The fraction of sp³-hybridized carbons (Fsp3) is 0.833. The molecule has 0 bridgehead atoms. The molecule has 0 radical (unpaired) electrons. The monoisotopic (exact) mass is 428 g/mol. The van der Waals surface area contributed by atoms with Gasteiger partial charge in [0, 0.05) is 0 Å². The van der Waals surface area contributed by atoms with Crippen LogP contribution in [-0.2, 0) is 19.1 Å². The van der Waals surface area contributed by atoms with Gasteiger partial charge in [-0.15, -0.1) is 0 Å². The van der Waals surface area contributed by atoms with Crippen molar-refractivity contribution in [2.45, 2.75) is 43.7 Å². The average Bonchev–Trinajstić information content (AvgIpc) is 2.48. The molecule has 0 aliphatic rings. The summed E-state index contributed by atoms with van der Waals surface area (Å²) in [5.41, 5.74) is 0. The number of esters is 2. The summed E-state index contributed by atoms with van der Waals surface area (Å²) in [5, 5.41) is 0. The maximum absolute atomic E-state index is 13.2. The first-order valence-electron chi connectivity index (χ1n) is 6.67. The summed E-state index contributed by atoms with van der Waals surface area (Å²) in [6.07, 6.45) is -7.33. The van der Waals surface area contributed by atoms with Crippen LogP contribution in [0.3, 0.4) is 0 Å². The van der Waals surface area contributed by atoms with E-state index in [0.29, 0.717) is 0 Å². The van der Waals surface area contributed by atoms with Gasteiger partial charge in [0.25, 0.3) is 0 Å². The molecule has 0 saturated heterocycles. The molecular weight excluding hydrogens is 417 g/mol. The van der Waals surface area contributed by atoms with E-state index in [-0.39, 0.29) is 0 Å². The smallest absolute Gasteiger partial charge is 0.460 e. The Hall–Kier alpha value is -1.83. The van der Waals surface area contributed by atoms with Gasteiger partial charge < -0.3 is 9.47 Å². The summed E-state index contributed by atoms with van der Waals surface area (Å²) >= 11 is 0. The van der Waals surface area contributed by atoms with Crippen LogP contribution in [0.4, 0.5) is 48.3 Å². The van der Waals surface area contributed by atoms with Gasteiger partial charge in [-0.05, 0) is 0 Å². The second-order valence-electron chi connectivity index (χ2n) is 5.25. The third-order valence-electron chi connectivity index (χ3n) is 2.83. The van der Waals surface area contributed by atoms with Crippen LogP contribution >= 0.6 is 0 Å². The average molecular weight is 428 g/mol. The minimum atomic E-state index is -7.70. The zero-order chi connectivity index (χ0) is 22.1. The molecular formula is C12H11F11O4. The van der Waals surface area contributed by atoms with Crippen LogP contribution in [0.2, 0.25) is 0 Å². The molecule has 0 aromatic rings. The molecule has 0 aromatic carbocycles. The van der Waals surface area contributed by atoms with Gasteiger partial charge in [-0.1, -0.05) is 13.8 Å². The van der Waals surface area contributed by atoms with Crippen LogP contribution < -0.4 is 0 Å². The van der Waals surface area contributed by atoms with Crippen LogP contribution in [-0.4, -0.2) is 55.0 Å². The SMILES string of the molecule is CC(C)C(=O)OCCOC(=O)C(F)(F)C(F)(F)C(F)(F)C(F)(F)C(F)(F)F. The number of hydrogen-bond acceptors (Lipinski definition) is 4. The first kappa shape index (κ1) is 25.2. The van der Waals surface area contributed by atoms with Crippen molar-refractivity contribution >= 4 is 11.9 Å². The maximum atomic E-state index is 13.2. The highest BCUT2D eigenvalue weighted by molar-refractivity contribution is 5.79. The maximum Gasteiger partial charge on any atom is 0.460 e. The Morgan fingerprint density at radius 3 is 1.48 bits per heavy atom. The van der Waals surface area contributed by atoms with Gasteiger partial charge in [0.15, 0.2) is 0 Å². The van der Waals surface area contributed by atoms with Crippen molar-refractivity contribution in [3.05, 3.63) is 0 Å². The molecule has 0 rings (SSSR count). The lowest BCUT2D eigenvalue weighted by Gasteiger charge is -2.36. The van der Waals surface area contributed by atoms with Gasteiger partial charge in [-0.2, -0.15) is 48.3 Å². The number of hydrogen-bond donors (Lipinski definition) is 0. The van der Waals surface area contributed by atoms with E-state index in [1.54, 1.807) is 0 Å². The Labute approximate surface area is 143 Å². The zero-order valence-corrected chi connectivity index (χ0v) is 13.3. The van der Waals surface area contributed by atoms with Gasteiger partial charge >= 0.3 is 41.8 Å². The summed E-state index contributed by atoms with van der Waals surface area (Å²) in [6.45, 7) is 0.238. The van der Waals surface area contributed by atoms with Gasteiger partial charge in [0.2, 0.25) is 0 Å². The highest BCUT2D eigenvalue weighted by Crippen LogP contribution is 2.57. The number of halogens is 11. The first-order chi connectivity index (χ1) is 11.7. The van der Waals surface area contributed by atoms with Crippen molar-refractivity contribution in [3.63, 3.8) is 0 Å². The van der Waals surface area contributed by atoms with Gasteiger partial charge in [0.1, 0.15) is 13.2 Å². The summed E-state index contributed by atoms with van der Waals surface area (Å²) in [4.78, 5) is 21.8. The highest BCUT2D eigenvalue weighted by atomic mass is 19.4. The number of alkyl halides is 11. The van der Waals surface area contributed by atoms with E-state index >= 15 is 0 Å². The molecule has 0 unspecified atom stereocenters. The van der Waals surface area contributed by atoms with Crippen molar-refractivity contribution in [3.8, 4) is 0 Å². The largest absolute Gasteiger partial charge is 0.462 e. The molecule has 0 saturated carbocycles. The van der Waals surface area contributed by atoms with Crippen molar-refractivity contribution in [2.75, 3.05) is 13.2 Å². The second kappa shape index (κ2) is 7.66. The molecule has 0 fully saturated rings. The molecule has 0 N–H and O–H groups in total. The Bertz CT molecular complexity index is 554. The summed E-state index contributed by atoms with van der Waals surface area (Å²) in [5.74, 6) is -34.8. The predicted octanol–water partition coefficient (Wildman–Crippen LogP) is 3.83. The van der Waals surface area contributed by atoms with Gasteiger partial charge in [0.05, 0.1) is 5.92 Å².